The largest absolute Gasteiger partial charge is 0.379 e. The summed E-state index contributed by atoms with van der Waals surface area (Å²) in [5, 5.41) is 4.69. The van der Waals surface area contributed by atoms with Gasteiger partial charge < -0.3 is 15.4 Å². The standard InChI is InChI=1S/C31H31FN6O7S/c32-24-10-8-22(9-11-24)27-23(18-36-13-15-45-16-14-36)19-38(35-27)30-25(7-4-12-34-30)31(41)37(20-46(42,43)44)26(28(39)29(33)40)17-21-5-2-1-3-6-21/h1-12,19,26H,13-18,20H2,(H2,33,40)(H,42,43,44). The Labute approximate surface area is 264 Å². The van der Waals surface area contributed by atoms with Crippen LogP contribution in [0.3, 0.4) is 0 Å². The Balaban J connectivity index is 1.59. The fourth-order valence-corrected chi connectivity index (χ4v) is 5.85. The van der Waals surface area contributed by atoms with E-state index in [0.717, 1.165) is 5.56 Å². The number of halogens is 1. The van der Waals surface area contributed by atoms with Crippen molar-refractivity contribution in [2.24, 2.45) is 5.73 Å². The lowest BCUT2D eigenvalue weighted by Gasteiger charge is -2.29. The quantitative estimate of drug-likeness (QED) is 0.170. The Kier molecular flexibility index (Phi) is 9.96. The van der Waals surface area contributed by atoms with Crippen molar-refractivity contribution >= 4 is 27.7 Å². The highest BCUT2D eigenvalue weighted by Gasteiger charge is 2.37. The molecule has 3 heterocycles. The van der Waals surface area contributed by atoms with Gasteiger partial charge in [-0.3, -0.25) is 23.8 Å². The van der Waals surface area contributed by atoms with Gasteiger partial charge in [0.15, 0.2) is 5.82 Å². The zero-order chi connectivity index (χ0) is 32.8. The van der Waals surface area contributed by atoms with Crippen LogP contribution in [0.4, 0.5) is 4.39 Å². The van der Waals surface area contributed by atoms with Gasteiger partial charge in [-0.2, -0.15) is 13.5 Å². The molecule has 0 spiro atoms. The molecule has 5 rings (SSSR count). The molecule has 1 fully saturated rings. The molecule has 0 radical (unpaired) electrons. The van der Waals surface area contributed by atoms with Crippen LogP contribution in [0.1, 0.15) is 21.5 Å². The highest BCUT2D eigenvalue weighted by molar-refractivity contribution is 7.85. The normalized spacial score (nSPS) is 14.5. The number of morpholine rings is 1. The molecule has 2 aromatic heterocycles. The monoisotopic (exact) mass is 650 g/mol. The molecule has 1 saturated heterocycles. The third-order valence-corrected chi connectivity index (χ3v) is 8.00. The molecule has 3 N–H and O–H groups in total. The summed E-state index contributed by atoms with van der Waals surface area (Å²) in [5.74, 6) is -5.39. The molecule has 1 aliphatic heterocycles. The molecule has 1 unspecified atom stereocenters. The molecule has 0 aliphatic carbocycles. The third-order valence-electron chi connectivity index (χ3n) is 7.40. The maximum Gasteiger partial charge on any atom is 0.287 e. The molecular formula is C31H31FN6O7S. The lowest BCUT2D eigenvalue weighted by atomic mass is 10.00. The zero-order valence-electron chi connectivity index (χ0n) is 24.5. The molecule has 240 valence electrons. The lowest BCUT2D eigenvalue weighted by Crippen LogP contribution is -2.52. The van der Waals surface area contributed by atoms with Crippen molar-refractivity contribution in [1.82, 2.24) is 24.6 Å². The van der Waals surface area contributed by atoms with Crippen LogP contribution in [0.5, 0.6) is 0 Å². The van der Waals surface area contributed by atoms with Gasteiger partial charge in [-0.05, 0) is 42.0 Å². The van der Waals surface area contributed by atoms with Gasteiger partial charge in [0.05, 0.1) is 24.5 Å². The predicted molar refractivity (Wildman–Crippen MR) is 164 cm³/mol. The zero-order valence-corrected chi connectivity index (χ0v) is 25.3. The number of carbonyl (C=O) groups is 3. The second-order valence-electron chi connectivity index (χ2n) is 10.6. The van der Waals surface area contributed by atoms with Crippen LogP contribution < -0.4 is 5.73 Å². The Morgan fingerprint density at radius 1 is 1.02 bits per heavy atom. The van der Waals surface area contributed by atoms with E-state index in [0.29, 0.717) is 54.6 Å². The van der Waals surface area contributed by atoms with E-state index in [9.17, 15) is 31.7 Å². The van der Waals surface area contributed by atoms with E-state index in [2.05, 4.69) is 9.88 Å². The van der Waals surface area contributed by atoms with E-state index in [1.54, 1.807) is 48.7 Å². The van der Waals surface area contributed by atoms with Crippen molar-refractivity contribution in [3.05, 3.63) is 102 Å². The van der Waals surface area contributed by atoms with Crippen LogP contribution in [-0.4, -0.2) is 93.4 Å². The number of carbonyl (C=O) groups excluding carboxylic acids is 3. The molecule has 46 heavy (non-hydrogen) atoms. The highest BCUT2D eigenvalue weighted by Crippen LogP contribution is 2.27. The second-order valence-corrected chi connectivity index (χ2v) is 12.1. The maximum atomic E-state index is 14.2. The third kappa shape index (κ3) is 7.87. The summed E-state index contributed by atoms with van der Waals surface area (Å²) in [6, 6.07) is 15.2. The Morgan fingerprint density at radius 3 is 2.37 bits per heavy atom. The van der Waals surface area contributed by atoms with Crippen molar-refractivity contribution in [1.29, 1.82) is 0 Å². The second kappa shape index (κ2) is 14.1. The van der Waals surface area contributed by atoms with Crippen molar-refractivity contribution in [3.63, 3.8) is 0 Å². The first kappa shape index (κ1) is 32.6. The number of rotatable bonds is 12. The van der Waals surface area contributed by atoms with E-state index >= 15 is 0 Å². The Morgan fingerprint density at radius 2 is 1.72 bits per heavy atom. The first-order chi connectivity index (χ1) is 22.0. The molecule has 2 amide bonds. The number of amides is 2. The van der Waals surface area contributed by atoms with Gasteiger partial charge in [0, 0.05) is 49.6 Å². The lowest BCUT2D eigenvalue weighted by molar-refractivity contribution is -0.138. The van der Waals surface area contributed by atoms with Crippen molar-refractivity contribution in [2.45, 2.75) is 19.0 Å². The van der Waals surface area contributed by atoms with Crippen LogP contribution in [0, 0.1) is 5.82 Å². The highest BCUT2D eigenvalue weighted by atomic mass is 32.2. The first-order valence-corrected chi connectivity index (χ1v) is 15.8. The van der Waals surface area contributed by atoms with Gasteiger partial charge >= 0.3 is 0 Å². The summed E-state index contributed by atoms with van der Waals surface area (Å²) in [7, 11) is -4.90. The number of primary amides is 1. The van der Waals surface area contributed by atoms with Gasteiger partial charge in [-0.25, -0.2) is 14.1 Å². The number of hydrogen-bond donors (Lipinski definition) is 2. The molecule has 0 bridgehead atoms. The number of ketones is 1. The number of nitrogens with two attached hydrogens (primary N) is 1. The van der Waals surface area contributed by atoms with Gasteiger partial charge in [-0.1, -0.05) is 30.3 Å². The Bertz CT molecular complexity index is 1830. The summed E-state index contributed by atoms with van der Waals surface area (Å²) in [6.07, 6.45) is 2.80. The SMILES string of the molecule is NC(=O)C(=O)C(Cc1ccccc1)N(CS(=O)(=O)O)C(=O)c1cccnc1-n1cc(CN2CCOCC2)c(-c2ccc(F)cc2)n1. The molecule has 1 atom stereocenters. The minimum Gasteiger partial charge on any atom is -0.379 e. The van der Waals surface area contributed by atoms with Gasteiger partial charge in [0.25, 0.3) is 21.9 Å². The van der Waals surface area contributed by atoms with Crippen molar-refractivity contribution < 1.29 is 36.5 Å². The summed E-state index contributed by atoms with van der Waals surface area (Å²) < 4.78 is 54.7. The number of Topliss-reactive ketones (excluding diaryl/α,β-unsaturated/α-hetero) is 1. The van der Waals surface area contributed by atoms with E-state index in [-0.39, 0.29) is 17.8 Å². The topological polar surface area (TPSA) is 178 Å². The van der Waals surface area contributed by atoms with E-state index in [1.165, 1.54) is 35.1 Å². The molecule has 15 heteroatoms. The summed E-state index contributed by atoms with van der Waals surface area (Å²) in [6.45, 7) is 2.89. The van der Waals surface area contributed by atoms with E-state index in [1.807, 2.05) is 0 Å². The van der Waals surface area contributed by atoms with E-state index < -0.39 is 45.5 Å². The van der Waals surface area contributed by atoms with Gasteiger partial charge in [-0.15, -0.1) is 0 Å². The summed E-state index contributed by atoms with van der Waals surface area (Å²) >= 11 is 0. The smallest absolute Gasteiger partial charge is 0.287 e. The number of nitrogens with zero attached hydrogens (tertiary/aromatic N) is 5. The minimum absolute atomic E-state index is 0.0191. The molecule has 2 aromatic carbocycles. The number of pyridine rings is 1. The van der Waals surface area contributed by atoms with Crippen LogP contribution in [-0.2, 0) is 37.4 Å². The fourth-order valence-electron chi connectivity index (χ4n) is 5.20. The van der Waals surface area contributed by atoms with Crippen LogP contribution in [0.15, 0.2) is 79.1 Å². The van der Waals surface area contributed by atoms with Crippen LogP contribution >= 0.6 is 0 Å². The number of aromatic nitrogens is 3. The average molecular weight is 651 g/mol. The van der Waals surface area contributed by atoms with Crippen molar-refractivity contribution in [3.8, 4) is 17.1 Å². The van der Waals surface area contributed by atoms with E-state index in [4.69, 9.17) is 15.6 Å². The Hall–Kier alpha value is -4.83. The van der Waals surface area contributed by atoms with Gasteiger partial charge in [0.1, 0.15) is 17.7 Å². The molecular weight excluding hydrogens is 619 g/mol. The molecule has 4 aromatic rings. The predicted octanol–water partition coefficient (Wildman–Crippen LogP) is 1.86. The number of ether oxygens (including phenoxy) is 1. The molecule has 0 saturated carbocycles. The number of benzene rings is 2. The van der Waals surface area contributed by atoms with Crippen molar-refractivity contribution in [2.75, 3.05) is 32.2 Å². The summed E-state index contributed by atoms with van der Waals surface area (Å²) in [4.78, 5) is 46.4. The minimum atomic E-state index is -4.90. The number of hydrogen-bond acceptors (Lipinski definition) is 9. The fraction of sp³-hybridized carbons (Fsp3) is 0.258. The van der Waals surface area contributed by atoms with Crippen LogP contribution in [0.2, 0.25) is 0 Å². The van der Waals surface area contributed by atoms with Gasteiger partial charge in [0.2, 0.25) is 5.78 Å². The molecule has 1 aliphatic rings. The maximum absolute atomic E-state index is 14.2. The summed E-state index contributed by atoms with van der Waals surface area (Å²) in [5.41, 5.74) is 7.48. The first-order valence-electron chi connectivity index (χ1n) is 14.2. The average Bonchev–Trinajstić information content (AvgIpc) is 3.46. The van der Waals surface area contributed by atoms with Crippen LogP contribution in [0.25, 0.3) is 17.1 Å². The molecule has 13 nitrogen and oxygen atoms in total.